The molecule has 1 aromatic rings. The lowest BCUT2D eigenvalue weighted by Gasteiger charge is -2.41. The van der Waals surface area contributed by atoms with Crippen LogP contribution in [-0.4, -0.2) is 49.8 Å². The van der Waals surface area contributed by atoms with Crippen molar-refractivity contribution in [3.05, 3.63) is 38.9 Å². The number of aryl methyl sites for hydroxylation is 1. The highest BCUT2D eigenvalue weighted by Gasteiger charge is 2.65. The SMILES string of the molecule is CCc1cc(S(F)(F)(F)(F)F)cc2c1O[C@H](C(F)(F)F)C(C(=O)OCCOCCO[N+](=O)[O-])=C2. The largest absolute Gasteiger partial charge is 0.475 e. The number of hydrogen-bond acceptors (Lipinski definition) is 7. The van der Waals surface area contributed by atoms with Crippen molar-refractivity contribution in [1.82, 2.24) is 0 Å². The summed E-state index contributed by atoms with van der Waals surface area (Å²) >= 11 is 0. The van der Waals surface area contributed by atoms with Crippen LogP contribution in [-0.2, 0) is 25.5 Å². The van der Waals surface area contributed by atoms with E-state index in [2.05, 4.69) is 9.57 Å². The molecule has 0 saturated heterocycles. The number of esters is 1. The summed E-state index contributed by atoms with van der Waals surface area (Å²) in [5.74, 6) is -2.37. The number of hydrogen-bond donors (Lipinski definition) is 0. The van der Waals surface area contributed by atoms with Crippen molar-refractivity contribution in [1.29, 1.82) is 0 Å². The second-order valence-electron chi connectivity index (χ2n) is 6.77. The van der Waals surface area contributed by atoms with E-state index < -0.39 is 80.7 Å². The van der Waals surface area contributed by atoms with Crippen molar-refractivity contribution in [2.75, 3.05) is 26.4 Å². The van der Waals surface area contributed by atoms with Crippen LogP contribution >= 0.6 is 10.2 Å². The molecular formula is C17H17F8NO7S. The van der Waals surface area contributed by atoms with Gasteiger partial charge in [0, 0.05) is 5.56 Å². The quantitative estimate of drug-likeness (QED) is 0.131. The van der Waals surface area contributed by atoms with Crippen LogP contribution in [0, 0.1) is 10.1 Å². The van der Waals surface area contributed by atoms with Crippen LogP contribution < -0.4 is 4.74 Å². The molecule has 0 fully saturated rings. The van der Waals surface area contributed by atoms with Crippen molar-refractivity contribution in [3.63, 3.8) is 0 Å². The molecule has 1 heterocycles. The molecule has 0 amide bonds. The summed E-state index contributed by atoms with van der Waals surface area (Å²) in [7, 11) is -10.2. The first-order valence-electron chi connectivity index (χ1n) is 9.21. The van der Waals surface area contributed by atoms with Gasteiger partial charge in [0.25, 0.3) is 5.09 Å². The van der Waals surface area contributed by atoms with E-state index in [0.29, 0.717) is 6.08 Å². The molecule has 2 rings (SSSR count). The summed E-state index contributed by atoms with van der Waals surface area (Å²) in [4.78, 5) is 23.7. The minimum Gasteiger partial charge on any atom is -0.475 e. The highest BCUT2D eigenvalue weighted by atomic mass is 32.5. The average Bonchev–Trinajstić information content (AvgIpc) is 2.68. The molecule has 194 valence electrons. The Bertz CT molecular complexity index is 995. The van der Waals surface area contributed by atoms with Gasteiger partial charge < -0.3 is 19.0 Å². The maximum absolute atomic E-state index is 13.5. The van der Waals surface area contributed by atoms with Gasteiger partial charge in [-0.3, -0.25) is 0 Å². The van der Waals surface area contributed by atoms with Gasteiger partial charge in [-0.25, -0.2) is 4.79 Å². The predicted octanol–water partition coefficient (Wildman–Crippen LogP) is 5.38. The van der Waals surface area contributed by atoms with E-state index in [0.717, 1.165) is 0 Å². The topological polar surface area (TPSA) is 97.1 Å². The summed E-state index contributed by atoms with van der Waals surface area (Å²) in [5, 5.41) is 8.85. The number of nitrogens with zero attached hydrogens (tertiary/aromatic N) is 1. The highest BCUT2D eigenvalue weighted by Crippen LogP contribution is 3.02. The predicted molar refractivity (Wildman–Crippen MR) is 100 cm³/mol. The Labute approximate surface area is 186 Å². The van der Waals surface area contributed by atoms with Gasteiger partial charge in [-0.15, -0.1) is 10.1 Å². The number of alkyl halides is 3. The number of ether oxygens (including phenoxy) is 3. The zero-order valence-electron chi connectivity index (χ0n) is 17.1. The molecule has 1 aromatic carbocycles. The Kier molecular flexibility index (Phi) is 7.06. The van der Waals surface area contributed by atoms with Gasteiger partial charge in [-0.05, 0) is 30.2 Å². The molecule has 0 unspecified atom stereocenters. The van der Waals surface area contributed by atoms with Crippen LogP contribution in [0.1, 0.15) is 18.1 Å². The third-order valence-electron chi connectivity index (χ3n) is 4.24. The monoisotopic (exact) mass is 531 g/mol. The average molecular weight is 531 g/mol. The van der Waals surface area contributed by atoms with Crippen LogP contribution in [0.4, 0.5) is 32.6 Å². The Morgan fingerprint density at radius 2 is 1.74 bits per heavy atom. The van der Waals surface area contributed by atoms with Crippen LogP contribution in [0.25, 0.3) is 6.08 Å². The van der Waals surface area contributed by atoms with Gasteiger partial charge in [-0.2, -0.15) is 13.2 Å². The minimum absolute atomic E-state index is 0.0188. The zero-order chi connectivity index (χ0) is 26.0. The summed E-state index contributed by atoms with van der Waals surface area (Å²) < 4.78 is 121. The normalized spacial score (nSPS) is 18.0. The Morgan fingerprint density at radius 1 is 1.12 bits per heavy atom. The molecule has 0 bridgehead atoms. The van der Waals surface area contributed by atoms with Crippen LogP contribution in [0.3, 0.4) is 0 Å². The molecule has 0 aromatic heterocycles. The molecule has 17 heteroatoms. The summed E-state index contributed by atoms with van der Waals surface area (Å²) in [6.07, 6.45) is -8.15. The minimum atomic E-state index is -10.2. The van der Waals surface area contributed by atoms with Crippen molar-refractivity contribution in [2.24, 2.45) is 0 Å². The van der Waals surface area contributed by atoms with Crippen molar-refractivity contribution < 1.29 is 61.5 Å². The Morgan fingerprint density at radius 3 is 2.26 bits per heavy atom. The van der Waals surface area contributed by atoms with Crippen LogP contribution in [0.2, 0.25) is 0 Å². The van der Waals surface area contributed by atoms with E-state index in [1.165, 1.54) is 6.92 Å². The van der Waals surface area contributed by atoms with Gasteiger partial charge in [0.1, 0.15) is 23.9 Å². The Hall–Kier alpha value is -2.82. The fourth-order valence-electron chi connectivity index (χ4n) is 2.80. The maximum atomic E-state index is 13.5. The first-order chi connectivity index (χ1) is 15.3. The molecule has 0 radical (unpaired) electrons. The number of fused-ring (bicyclic) bond motifs is 1. The number of halogens is 8. The standard InChI is InChI=1S/C17H17F8NO7S/c1-2-10-7-12(34(21,22,23,24)25)8-11-9-13(15(17(18,19)20)33-14(10)11)16(27)31-5-3-30-4-6-32-26(28)29/h7-9,15H,2-6H2,1H3/t15-/m0/s1. The zero-order valence-corrected chi connectivity index (χ0v) is 17.9. The van der Waals surface area contributed by atoms with Gasteiger partial charge in [0.2, 0.25) is 6.10 Å². The van der Waals surface area contributed by atoms with Gasteiger partial charge in [0.15, 0.2) is 0 Å². The first kappa shape index (κ1) is 27.4. The number of carbonyl (C=O) groups excluding carboxylic acids is 1. The highest BCUT2D eigenvalue weighted by molar-refractivity contribution is 8.45. The van der Waals surface area contributed by atoms with Crippen molar-refractivity contribution in [3.8, 4) is 5.75 Å². The molecule has 0 spiro atoms. The number of carbonyl (C=O) groups is 1. The third kappa shape index (κ3) is 7.09. The third-order valence-corrected chi connectivity index (χ3v) is 5.37. The molecule has 0 saturated carbocycles. The van der Waals surface area contributed by atoms with Crippen molar-refractivity contribution >= 4 is 22.3 Å². The molecular weight excluding hydrogens is 514 g/mol. The first-order valence-corrected chi connectivity index (χ1v) is 11.2. The fourth-order valence-corrected chi connectivity index (χ4v) is 3.52. The van der Waals surface area contributed by atoms with Crippen LogP contribution in [0.15, 0.2) is 22.6 Å². The van der Waals surface area contributed by atoms with Crippen LogP contribution in [0.5, 0.6) is 5.75 Å². The molecule has 34 heavy (non-hydrogen) atoms. The smallest absolute Gasteiger partial charge is 0.430 e. The molecule has 1 atom stereocenters. The van der Waals surface area contributed by atoms with Crippen molar-refractivity contribution in [2.45, 2.75) is 30.5 Å². The number of rotatable bonds is 10. The Balaban J connectivity index is 2.32. The molecule has 8 nitrogen and oxygen atoms in total. The van der Waals surface area contributed by atoms with E-state index in [1.54, 1.807) is 0 Å². The summed E-state index contributed by atoms with van der Waals surface area (Å²) in [5.41, 5.74) is -2.63. The maximum Gasteiger partial charge on any atom is 0.430 e. The van der Waals surface area contributed by atoms with E-state index in [9.17, 15) is 47.5 Å². The molecule has 1 aliphatic heterocycles. The summed E-state index contributed by atoms with van der Waals surface area (Å²) in [6, 6.07) is -0.0701. The van der Waals surface area contributed by atoms with E-state index in [1.807, 2.05) is 0 Å². The second kappa shape index (κ2) is 8.75. The van der Waals surface area contributed by atoms with Gasteiger partial charge in [0.05, 0.1) is 18.8 Å². The molecule has 0 aliphatic carbocycles. The lowest BCUT2D eigenvalue weighted by atomic mass is 9.98. The number of benzene rings is 1. The molecule has 1 aliphatic rings. The summed E-state index contributed by atoms with van der Waals surface area (Å²) in [6.45, 7) is -0.623. The van der Waals surface area contributed by atoms with E-state index in [4.69, 9.17) is 9.47 Å². The van der Waals surface area contributed by atoms with Gasteiger partial charge in [-0.1, -0.05) is 26.4 Å². The fraction of sp³-hybridized carbons (Fsp3) is 0.471. The van der Waals surface area contributed by atoms with E-state index >= 15 is 0 Å². The lowest BCUT2D eigenvalue weighted by molar-refractivity contribution is -0.758. The van der Waals surface area contributed by atoms with E-state index in [-0.39, 0.29) is 25.2 Å². The lowest BCUT2D eigenvalue weighted by Crippen LogP contribution is -2.41. The second-order valence-corrected chi connectivity index (χ2v) is 9.18. The molecule has 0 N–H and O–H groups in total. The van der Waals surface area contributed by atoms with Gasteiger partial charge >= 0.3 is 22.4 Å².